The molecule has 2 N–H and O–H groups in total. The fraction of sp³-hybridized carbons (Fsp3) is 0.909. The molecule has 0 aromatic heterocycles. The molecule has 0 fully saturated rings. The third-order valence-electron chi connectivity index (χ3n) is 4.82. The summed E-state index contributed by atoms with van der Waals surface area (Å²) in [6, 6.07) is 0. The summed E-state index contributed by atoms with van der Waals surface area (Å²) in [5, 5.41) is 17.2. The number of aliphatic carboxylic acids is 2. The Morgan fingerprint density at radius 2 is 0.679 bits per heavy atom. The molecule has 0 aromatic rings. The van der Waals surface area contributed by atoms with E-state index in [1.54, 1.807) is 8.94 Å². The van der Waals surface area contributed by atoms with Crippen LogP contribution in [0.25, 0.3) is 0 Å². The van der Waals surface area contributed by atoms with Crippen molar-refractivity contribution < 1.29 is 19.8 Å². The number of hydrogen-bond acceptors (Lipinski definition) is 2. The molecule has 0 aliphatic rings. The molecule has 0 heterocycles. The Morgan fingerprint density at radius 3 is 0.964 bits per heavy atom. The normalized spacial score (nSPS) is 11.0. The Morgan fingerprint density at radius 1 is 0.429 bits per heavy atom. The summed E-state index contributed by atoms with van der Waals surface area (Å²) in [5.74, 6) is -1.32. The maximum absolute atomic E-state index is 10.4. The van der Waals surface area contributed by atoms with Crippen molar-refractivity contribution in [1.29, 1.82) is 0 Å². The van der Waals surface area contributed by atoms with Crippen LogP contribution in [-0.4, -0.2) is 56.3 Å². The van der Waals surface area contributed by atoms with E-state index in [1.807, 2.05) is 0 Å². The summed E-state index contributed by atoms with van der Waals surface area (Å²) in [7, 11) is 0. The van der Waals surface area contributed by atoms with E-state index in [9.17, 15) is 9.59 Å². The van der Waals surface area contributed by atoms with E-state index < -0.39 is 11.9 Å². The van der Waals surface area contributed by atoms with Gasteiger partial charge in [-0.2, -0.15) is 0 Å². The molecule has 0 rings (SSSR count). The van der Waals surface area contributed by atoms with Crippen LogP contribution in [0.4, 0.5) is 0 Å². The summed E-state index contributed by atoms with van der Waals surface area (Å²) in [4.78, 5) is 20.8. The van der Waals surface area contributed by atoms with Gasteiger partial charge in [0, 0.05) is 0 Å². The second kappa shape index (κ2) is 23.8. The molecule has 0 atom stereocenters. The van der Waals surface area contributed by atoms with Crippen molar-refractivity contribution in [1.82, 2.24) is 0 Å². The average molecular weight is 626 g/mol. The first-order valence-corrected chi connectivity index (χ1v) is 21.9. The summed E-state index contributed by atoms with van der Waals surface area (Å²) in [6.45, 7) is 0. The first kappa shape index (κ1) is 28.5. The molecule has 0 saturated carbocycles. The zero-order valence-electron chi connectivity index (χ0n) is 17.7. The minimum absolute atomic E-state index is 0.337. The van der Waals surface area contributed by atoms with Gasteiger partial charge in [0.05, 0.1) is 0 Å². The number of carbonyl (C=O) groups is 2. The van der Waals surface area contributed by atoms with Gasteiger partial charge < -0.3 is 0 Å². The van der Waals surface area contributed by atoms with Crippen LogP contribution in [0.1, 0.15) is 116 Å². The summed E-state index contributed by atoms with van der Waals surface area (Å²) in [5.41, 5.74) is 0. The number of carboxylic acids is 2. The molecular weight excluding hydrogens is 583 g/mol. The van der Waals surface area contributed by atoms with Crippen molar-refractivity contribution >= 4 is 46.1 Å². The molecule has 0 aromatic carbocycles. The van der Waals surface area contributed by atoms with Crippen molar-refractivity contribution in [3.63, 3.8) is 0 Å². The van der Waals surface area contributed by atoms with E-state index in [4.69, 9.17) is 10.2 Å². The minimum atomic E-state index is -0.658. The second-order valence-electron chi connectivity index (χ2n) is 7.59. The quantitative estimate of drug-likeness (QED) is 0.103. The van der Waals surface area contributed by atoms with Crippen molar-refractivity contribution in [3.8, 4) is 0 Å². The molecule has 166 valence electrons. The molecule has 0 spiro atoms. The second-order valence-corrected chi connectivity index (χ2v) is 20.3. The van der Waals surface area contributed by atoms with Gasteiger partial charge in [-0.15, -0.1) is 0 Å². The van der Waals surface area contributed by atoms with Crippen LogP contribution < -0.4 is 0 Å². The molecule has 0 saturated heterocycles. The van der Waals surface area contributed by atoms with E-state index in [0.29, 0.717) is 47.0 Å². The average Bonchev–Trinajstić information content (AvgIpc) is 2.65. The fourth-order valence-electron chi connectivity index (χ4n) is 3.11. The zero-order valence-corrected chi connectivity index (χ0v) is 22.3. The Hall–Kier alpha value is 0.519. The van der Waals surface area contributed by atoms with E-state index in [0.717, 1.165) is 25.7 Å². The van der Waals surface area contributed by atoms with Gasteiger partial charge in [0.15, 0.2) is 0 Å². The molecule has 0 bridgehead atoms. The molecule has 28 heavy (non-hydrogen) atoms. The van der Waals surface area contributed by atoms with E-state index >= 15 is 0 Å². The third kappa shape index (κ3) is 26.5. The fourth-order valence-corrected chi connectivity index (χ4v) is 14.6. The van der Waals surface area contributed by atoms with Gasteiger partial charge in [0.1, 0.15) is 0 Å². The topological polar surface area (TPSA) is 74.6 Å². The molecule has 0 radical (unpaired) electrons. The van der Waals surface area contributed by atoms with E-state index in [1.165, 1.54) is 77.0 Å². The van der Waals surface area contributed by atoms with E-state index in [-0.39, 0.29) is 0 Å². The van der Waals surface area contributed by atoms with Gasteiger partial charge in [-0.05, 0) is 0 Å². The van der Waals surface area contributed by atoms with Gasteiger partial charge in [0.25, 0.3) is 0 Å². The Bertz CT molecular complexity index is 330. The SMILES string of the molecule is O=C(O)CCCCCCCCCC[Te][Te]CCCCCCCCCCC(=O)O. The van der Waals surface area contributed by atoms with Crippen LogP contribution in [0.15, 0.2) is 0 Å². The number of rotatable bonds is 23. The Kier molecular flexibility index (Phi) is 24.2. The molecule has 4 nitrogen and oxygen atoms in total. The van der Waals surface area contributed by atoms with Gasteiger partial charge in [-0.25, -0.2) is 0 Å². The van der Waals surface area contributed by atoms with Crippen LogP contribution in [0.2, 0.25) is 8.94 Å². The third-order valence-corrected chi connectivity index (χ3v) is 17.5. The van der Waals surface area contributed by atoms with Crippen LogP contribution in [0.3, 0.4) is 0 Å². The summed E-state index contributed by atoms with van der Waals surface area (Å²) < 4.78 is 3.14. The number of unbranched alkanes of at least 4 members (excludes halogenated alkanes) is 14. The van der Waals surface area contributed by atoms with Gasteiger partial charge in [-0.1, -0.05) is 0 Å². The Labute approximate surface area is 189 Å². The van der Waals surface area contributed by atoms with Gasteiger partial charge in [-0.3, -0.25) is 0 Å². The maximum atomic E-state index is 10.4. The van der Waals surface area contributed by atoms with E-state index in [2.05, 4.69) is 0 Å². The van der Waals surface area contributed by atoms with Crippen LogP contribution in [-0.2, 0) is 9.59 Å². The van der Waals surface area contributed by atoms with Crippen LogP contribution in [0.5, 0.6) is 0 Å². The summed E-state index contributed by atoms with van der Waals surface area (Å²) >= 11 is 0.791. The van der Waals surface area contributed by atoms with Crippen molar-refractivity contribution in [2.75, 3.05) is 0 Å². The Balaban J connectivity index is 3.01. The van der Waals surface area contributed by atoms with Crippen LogP contribution >= 0.6 is 0 Å². The molecule has 0 aliphatic carbocycles. The van der Waals surface area contributed by atoms with Crippen molar-refractivity contribution in [2.45, 2.75) is 125 Å². The van der Waals surface area contributed by atoms with Crippen LogP contribution in [0, 0.1) is 0 Å². The number of hydrogen-bond donors (Lipinski definition) is 2. The molecule has 0 unspecified atom stereocenters. The number of carboxylic acid groups (broad SMARTS) is 2. The molecule has 0 aliphatic heterocycles. The predicted molar refractivity (Wildman–Crippen MR) is 119 cm³/mol. The standard InChI is InChI=1S/C22H42O4Te2/c23-21(24)17-13-9-5-1-3-7-11-15-19-27-28-20-16-12-8-4-2-6-10-14-18-22(25)26/h1-20H2,(H,23,24)(H,25,26). The first-order valence-electron chi connectivity index (χ1n) is 11.3. The van der Waals surface area contributed by atoms with Gasteiger partial charge in [0.2, 0.25) is 0 Å². The zero-order chi connectivity index (χ0) is 20.7. The molecule has 0 amide bonds. The molecule has 6 heteroatoms. The summed E-state index contributed by atoms with van der Waals surface area (Å²) in [6.07, 6.45) is 20.7. The van der Waals surface area contributed by atoms with Gasteiger partial charge >= 0.3 is 190 Å². The first-order chi connectivity index (χ1) is 13.6. The monoisotopic (exact) mass is 630 g/mol. The van der Waals surface area contributed by atoms with Crippen molar-refractivity contribution in [3.05, 3.63) is 0 Å². The van der Waals surface area contributed by atoms with Crippen molar-refractivity contribution in [2.24, 2.45) is 0 Å². The molecular formula is C22H42O4Te2. The predicted octanol–water partition coefficient (Wildman–Crippen LogP) is 6.34.